The molecule has 3 aromatic rings. The lowest BCUT2D eigenvalue weighted by molar-refractivity contribution is 0.624. The minimum atomic E-state index is -0.0800. The molecule has 0 amide bonds. The number of aryl methyl sites for hydroxylation is 2. The molecule has 0 atom stereocenters. The molecule has 0 aliphatic heterocycles. The quantitative estimate of drug-likeness (QED) is 0.631. The van der Waals surface area contributed by atoms with Crippen LogP contribution in [-0.2, 0) is 20.6 Å². The van der Waals surface area contributed by atoms with Crippen molar-refractivity contribution in [3.05, 3.63) is 40.6 Å². The number of fused-ring (bicyclic) bond motifs is 1. The Morgan fingerprint density at radius 2 is 1.89 bits per heavy atom. The average Bonchev–Trinajstić information content (AvgIpc) is 2.88. The first-order valence-corrected chi connectivity index (χ1v) is 5.54. The standard InChI is InChI=1S/C11H12N6O/c1-15-8-5-3-4-6-9(8)17(11(15)18)7-10-12-14-16(2)13-10/h3-6H,7H2,1-2H3. The van der Waals surface area contributed by atoms with Crippen LogP contribution >= 0.6 is 0 Å². The number of tetrazole rings is 1. The molecule has 7 nitrogen and oxygen atoms in total. The van der Waals surface area contributed by atoms with Gasteiger partial charge in [0.15, 0.2) is 5.82 Å². The lowest BCUT2D eigenvalue weighted by Gasteiger charge is -1.97. The number of benzene rings is 1. The summed E-state index contributed by atoms with van der Waals surface area (Å²) in [6.07, 6.45) is 0. The van der Waals surface area contributed by atoms with Gasteiger partial charge in [0, 0.05) is 7.05 Å². The largest absolute Gasteiger partial charge is 0.329 e. The third kappa shape index (κ3) is 1.52. The van der Waals surface area contributed by atoms with E-state index in [-0.39, 0.29) is 5.69 Å². The van der Waals surface area contributed by atoms with Crippen molar-refractivity contribution < 1.29 is 0 Å². The van der Waals surface area contributed by atoms with Crippen LogP contribution in [0, 0.1) is 0 Å². The Hall–Kier alpha value is -2.44. The molecule has 18 heavy (non-hydrogen) atoms. The van der Waals surface area contributed by atoms with E-state index in [1.807, 2.05) is 24.3 Å². The van der Waals surface area contributed by atoms with Gasteiger partial charge in [-0.3, -0.25) is 9.13 Å². The zero-order valence-electron chi connectivity index (χ0n) is 10.1. The van der Waals surface area contributed by atoms with Crippen LogP contribution in [0.3, 0.4) is 0 Å². The number of hydrogen-bond acceptors (Lipinski definition) is 4. The molecule has 0 radical (unpaired) electrons. The fraction of sp³-hybridized carbons (Fsp3) is 0.273. The van der Waals surface area contributed by atoms with Crippen LogP contribution < -0.4 is 5.69 Å². The van der Waals surface area contributed by atoms with E-state index < -0.39 is 0 Å². The molecule has 1 aromatic carbocycles. The van der Waals surface area contributed by atoms with Crippen LogP contribution in [0.1, 0.15) is 5.82 Å². The molecular weight excluding hydrogens is 232 g/mol. The molecule has 0 saturated heterocycles. The van der Waals surface area contributed by atoms with Gasteiger partial charge in [0.25, 0.3) is 0 Å². The second-order valence-electron chi connectivity index (χ2n) is 4.11. The normalized spacial score (nSPS) is 11.2. The monoisotopic (exact) mass is 244 g/mol. The van der Waals surface area contributed by atoms with Crippen LogP contribution in [0.25, 0.3) is 11.0 Å². The fourth-order valence-corrected chi connectivity index (χ4v) is 2.04. The summed E-state index contributed by atoms with van der Waals surface area (Å²) in [5.74, 6) is 0.524. The number of aromatic nitrogens is 6. The topological polar surface area (TPSA) is 70.5 Å². The van der Waals surface area contributed by atoms with E-state index in [1.165, 1.54) is 4.80 Å². The minimum Gasteiger partial charge on any atom is -0.295 e. The molecule has 7 heteroatoms. The van der Waals surface area contributed by atoms with Crippen LogP contribution in [0.4, 0.5) is 0 Å². The zero-order valence-corrected chi connectivity index (χ0v) is 10.1. The molecule has 0 N–H and O–H groups in total. The van der Waals surface area contributed by atoms with E-state index >= 15 is 0 Å². The molecule has 0 unspecified atom stereocenters. The van der Waals surface area contributed by atoms with Crippen molar-refractivity contribution >= 4 is 11.0 Å². The van der Waals surface area contributed by atoms with Crippen molar-refractivity contribution in [3.8, 4) is 0 Å². The van der Waals surface area contributed by atoms with Gasteiger partial charge in [0.2, 0.25) is 0 Å². The lowest BCUT2D eigenvalue weighted by atomic mass is 10.3. The van der Waals surface area contributed by atoms with Crippen LogP contribution in [-0.4, -0.2) is 29.3 Å². The van der Waals surface area contributed by atoms with Crippen LogP contribution in [0.2, 0.25) is 0 Å². The maximum absolute atomic E-state index is 12.1. The number of hydrogen-bond donors (Lipinski definition) is 0. The number of imidazole rings is 1. The first kappa shape index (κ1) is 10.7. The number of rotatable bonds is 2. The van der Waals surface area contributed by atoms with Crippen LogP contribution in [0.15, 0.2) is 29.1 Å². The van der Waals surface area contributed by atoms with Crippen molar-refractivity contribution in [3.63, 3.8) is 0 Å². The summed E-state index contributed by atoms with van der Waals surface area (Å²) in [7, 11) is 3.45. The lowest BCUT2D eigenvalue weighted by Crippen LogP contribution is -2.23. The molecule has 92 valence electrons. The minimum absolute atomic E-state index is 0.0800. The van der Waals surface area contributed by atoms with Gasteiger partial charge in [0.1, 0.15) is 0 Å². The molecule has 0 fully saturated rings. The van der Waals surface area contributed by atoms with E-state index in [0.29, 0.717) is 12.4 Å². The third-order valence-corrected chi connectivity index (χ3v) is 2.90. The summed E-state index contributed by atoms with van der Waals surface area (Å²) < 4.78 is 3.26. The van der Waals surface area contributed by atoms with Gasteiger partial charge >= 0.3 is 5.69 Å². The predicted molar refractivity (Wildman–Crippen MR) is 65.1 cm³/mol. The van der Waals surface area contributed by atoms with E-state index in [1.54, 1.807) is 23.2 Å². The Labute approximate surface area is 102 Å². The van der Waals surface area contributed by atoms with Gasteiger partial charge in [-0.2, -0.15) is 4.80 Å². The highest BCUT2D eigenvalue weighted by molar-refractivity contribution is 5.75. The molecule has 0 spiro atoms. The Morgan fingerprint density at radius 3 is 2.56 bits per heavy atom. The van der Waals surface area contributed by atoms with Crippen molar-refractivity contribution in [2.24, 2.45) is 14.1 Å². The van der Waals surface area contributed by atoms with Gasteiger partial charge < -0.3 is 0 Å². The molecular formula is C11H12N6O. The predicted octanol–water partition coefficient (Wildman–Crippen LogP) is -0.0882. The molecule has 0 aliphatic rings. The molecule has 0 aliphatic carbocycles. The number of para-hydroxylation sites is 2. The second kappa shape index (κ2) is 3.80. The SMILES string of the molecule is Cn1nnc(Cn2c(=O)n(C)c3ccccc32)n1. The summed E-state index contributed by atoms with van der Waals surface area (Å²) in [4.78, 5) is 13.5. The molecule has 0 bridgehead atoms. The fourth-order valence-electron chi connectivity index (χ4n) is 2.04. The summed E-state index contributed by atoms with van der Waals surface area (Å²) in [5, 5.41) is 11.8. The Kier molecular flexibility index (Phi) is 2.26. The van der Waals surface area contributed by atoms with Gasteiger partial charge in [-0.05, 0) is 17.3 Å². The van der Waals surface area contributed by atoms with Crippen molar-refractivity contribution in [2.75, 3.05) is 0 Å². The third-order valence-electron chi connectivity index (χ3n) is 2.90. The Morgan fingerprint density at radius 1 is 1.17 bits per heavy atom. The van der Waals surface area contributed by atoms with Gasteiger partial charge in [-0.15, -0.1) is 10.2 Å². The highest BCUT2D eigenvalue weighted by Gasteiger charge is 2.12. The van der Waals surface area contributed by atoms with Crippen molar-refractivity contribution in [1.82, 2.24) is 29.3 Å². The molecule has 2 heterocycles. The maximum atomic E-state index is 12.1. The maximum Gasteiger partial charge on any atom is 0.329 e. The van der Waals surface area contributed by atoms with Crippen molar-refractivity contribution in [1.29, 1.82) is 0 Å². The van der Waals surface area contributed by atoms with Gasteiger partial charge in [-0.1, -0.05) is 12.1 Å². The molecule has 0 saturated carbocycles. The van der Waals surface area contributed by atoms with Gasteiger partial charge in [0.05, 0.1) is 24.6 Å². The van der Waals surface area contributed by atoms with Crippen LogP contribution in [0.5, 0.6) is 0 Å². The van der Waals surface area contributed by atoms with Gasteiger partial charge in [-0.25, -0.2) is 4.79 Å². The van der Waals surface area contributed by atoms with Crippen molar-refractivity contribution in [2.45, 2.75) is 6.54 Å². The smallest absolute Gasteiger partial charge is 0.295 e. The summed E-state index contributed by atoms with van der Waals surface area (Å²) in [6.45, 7) is 0.327. The summed E-state index contributed by atoms with van der Waals surface area (Å²) >= 11 is 0. The molecule has 2 aromatic heterocycles. The first-order chi connectivity index (χ1) is 8.66. The second-order valence-corrected chi connectivity index (χ2v) is 4.11. The van der Waals surface area contributed by atoms with E-state index in [4.69, 9.17) is 0 Å². The number of nitrogens with zero attached hydrogens (tertiary/aromatic N) is 6. The summed E-state index contributed by atoms with van der Waals surface area (Å²) in [6, 6.07) is 7.64. The average molecular weight is 244 g/mol. The highest BCUT2D eigenvalue weighted by atomic mass is 16.1. The zero-order chi connectivity index (χ0) is 12.7. The van der Waals surface area contributed by atoms with E-state index in [9.17, 15) is 4.79 Å². The first-order valence-electron chi connectivity index (χ1n) is 5.54. The molecule has 3 rings (SSSR count). The summed E-state index contributed by atoms with van der Waals surface area (Å²) in [5.41, 5.74) is 1.69. The Balaban J connectivity index is 2.17. The Bertz CT molecular complexity index is 765. The van der Waals surface area contributed by atoms with E-state index in [0.717, 1.165) is 11.0 Å². The highest BCUT2D eigenvalue weighted by Crippen LogP contribution is 2.11. The van der Waals surface area contributed by atoms with E-state index in [2.05, 4.69) is 15.4 Å².